The number of carbonyl (C=O) groups excluding carboxylic acids is 1. The van der Waals surface area contributed by atoms with Crippen molar-refractivity contribution in [1.82, 2.24) is 0 Å². The summed E-state index contributed by atoms with van der Waals surface area (Å²) in [5.74, 6) is -1.03. The lowest BCUT2D eigenvalue weighted by Crippen LogP contribution is -1.95. The van der Waals surface area contributed by atoms with E-state index in [2.05, 4.69) is 0 Å². The minimum absolute atomic E-state index is 0.788. The predicted octanol–water partition coefficient (Wildman–Crippen LogP) is -0.728. The Hall–Kier alpha value is -0.770. The minimum atomic E-state index is -1.03. The molecule has 1 N–H and O–H groups in total. The Bertz CT molecular complexity index is 69.2. The molecular formula is C2H3NO3. The Kier molecular flexibility index (Phi) is 2.15. The molecule has 0 spiro atoms. The van der Waals surface area contributed by atoms with Crippen LogP contribution in [0.4, 0.5) is 0 Å². The minimum Gasteiger partial charge on any atom is -0.386 e. The zero-order valence-corrected chi connectivity index (χ0v) is 2.92. The molecule has 0 fully saturated rings. The number of hydrogen-bond donors (Lipinski definition) is 1. The molecule has 0 radical (unpaired) electrons. The maximum Gasteiger partial charge on any atom is 0.311 e. The average Bonchev–Trinajstić information content (AvgIpc) is 1.65. The molecule has 0 aromatic carbocycles. The Labute approximate surface area is 33.8 Å². The first-order valence-electron chi connectivity index (χ1n) is 1.28. The van der Waals surface area contributed by atoms with Gasteiger partial charge >= 0.3 is 5.91 Å². The van der Waals surface area contributed by atoms with Crippen LogP contribution in [0.25, 0.3) is 0 Å². The van der Waals surface area contributed by atoms with Crippen molar-refractivity contribution in [2.45, 2.75) is 0 Å². The van der Waals surface area contributed by atoms with Crippen LogP contribution in [0.1, 0.15) is 0 Å². The molecule has 0 rings (SSSR count). The maximum atomic E-state index is 9.45. The van der Waals surface area contributed by atoms with Gasteiger partial charge in [-0.05, 0) is 0 Å². The molecule has 0 bridgehead atoms. The van der Waals surface area contributed by atoms with Crippen LogP contribution in [0.2, 0.25) is 0 Å². The monoisotopic (exact) mass is 89.0 g/mol. The number of aliphatic hydroxyl groups is 1. The molecule has 0 aliphatic rings. The molecular weight excluding hydrogens is 86.0 g/mol. The molecule has 0 saturated carbocycles. The van der Waals surface area contributed by atoms with Crippen molar-refractivity contribution in [2.75, 3.05) is 6.61 Å². The highest BCUT2D eigenvalue weighted by Crippen LogP contribution is 1.64. The number of rotatable bonds is 1. The van der Waals surface area contributed by atoms with E-state index in [1.165, 1.54) is 0 Å². The third-order valence-electron chi connectivity index (χ3n) is 0.237. The van der Waals surface area contributed by atoms with Gasteiger partial charge in [0.05, 0.1) is 0 Å². The molecule has 0 aromatic heterocycles. The van der Waals surface area contributed by atoms with Crippen LogP contribution in [0, 0.1) is 4.91 Å². The second-order valence-corrected chi connectivity index (χ2v) is 0.643. The molecule has 4 nitrogen and oxygen atoms in total. The van der Waals surface area contributed by atoms with Crippen LogP contribution < -0.4 is 0 Å². The highest BCUT2D eigenvalue weighted by atomic mass is 16.3. The number of amides is 1. The van der Waals surface area contributed by atoms with Crippen molar-refractivity contribution < 1.29 is 9.90 Å². The van der Waals surface area contributed by atoms with E-state index in [0.717, 1.165) is 0 Å². The molecule has 0 aromatic rings. The predicted molar refractivity (Wildman–Crippen MR) is 17.9 cm³/mol. The summed E-state index contributed by atoms with van der Waals surface area (Å²) in [5.41, 5.74) is 0. The second kappa shape index (κ2) is 2.47. The fourth-order valence-electron chi connectivity index (χ4n) is 0.0289. The lowest BCUT2D eigenvalue weighted by Gasteiger charge is -1.70. The van der Waals surface area contributed by atoms with E-state index < -0.39 is 12.5 Å². The summed E-state index contributed by atoms with van der Waals surface area (Å²) < 4.78 is 0. The SMILES string of the molecule is O=NC(=O)CO. The molecule has 0 saturated heterocycles. The van der Waals surface area contributed by atoms with E-state index in [0.29, 0.717) is 0 Å². The normalized spacial score (nSPS) is 7.50. The van der Waals surface area contributed by atoms with Crippen molar-refractivity contribution in [3.8, 4) is 0 Å². The quantitative estimate of drug-likeness (QED) is 0.431. The number of nitroso groups, excluding NO2 is 1. The molecule has 4 heteroatoms. The summed E-state index contributed by atoms with van der Waals surface area (Å²) in [4.78, 5) is 18.4. The topological polar surface area (TPSA) is 66.7 Å². The summed E-state index contributed by atoms with van der Waals surface area (Å²) in [6.45, 7) is -0.788. The smallest absolute Gasteiger partial charge is 0.311 e. The summed E-state index contributed by atoms with van der Waals surface area (Å²) in [7, 11) is 0. The molecule has 0 aliphatic heterocycles. The van der Waals surface area contributed by atoms with Gasteiger partial charge in [-0.15, -0.1) is 4.91 Å². The van der Waals surface area contributed by atoms with Gasteiger partial charge < -0.3 is 5.11 Å². The van der Waals surface area contributed by atoms with Gasteiger partial charge in [0.25, 0.3) is 0 Å². The number of nitrogens with zero attached hydrogens (tertiary/aromatic N) is 1. The van der Waals surface area contributed by atoms with Gasteiger partial charge in [0.1, 0.15) is 6.61 Å². The lowest BCUT2D eigenvalue weighted by molar-refractivity contribution is -0.120. The van der Waals surface area contributed by atoms with Crippen molar-refractivity contribution in [1.29, 1.82) is 0 Å². The Balaban J connectivity index is 3.23. The van der Waals surface area contributed by atoms with Gasteiger partial charge in [-0.25, -0.2) is 0 Å². The Morgan fingerprint density at radius 1 is 1.83 bits per heavy atom. The van der Waals surface area contributed by atoms with Gasteiger partial charge in [0.15, 0.2) is 0 Å². The largest absolute Gasteiger partial charge is 0.386 e. The van der Waals surface area contributed by atoms with Crippen LogP contribution in [0.3, 0.4) is 0 Å². The summed E-state index contributed by atoms with van der Waals surface area (Å²) >= 11 is 0. The van der Waals surface area contributed by atoms with Crippen molar-refractivity contribution in [2.24, 2.45) is 5.18 Å². The highest BCUT2D eigenvalue weighted by Gasteiger charge is 1.90. The van der Waals surface area contributed by atoms with Crippen LogP contribution >= 0.6 is 0 Å². The van der Waals surface area contributed by atoms with Gasteiger partial charge in [-0.2, -0.15) is 0 Å². The Morgan fingerprint density at radius 3 is 2.33 bits per heavy atom. The third-order valence-corrected chi connectivity index (χ3v) is 0.237. The summed E-state index contributed by atoms with van der Waals surface area (Å²) in [6, 6.07) is 0. The molecule has 0 aliphatic carbocycles. The van der Waals surface area contributed by atoms with E-state index >= 15 is 0 Å². The molecule has 0 unspecified atom stereocenters. The first kappa shape index (κ1) is 5.23. The highest BCUT2D eigenvalue weighted by molar-refractivity contribution is 5.77. The molecule has 0 atom stereocenters. The van der Waals surface area contributed by atoms with E-state index in [9.17, 15) is 4.79 Å². The number of carbonyl (C=O) groups is 1. The summed E-state index contributed by atoms with van der Waals surface area (Å²) in [5, 5.41) is 9.56. The first-order valence-corrected chi connectivity index (χ1v) is 1.28. The van der Waals surface area contributed by atoms with Gasteiger partial charge in [0.2, 0.25) is 0 Å². The maximum absolute atomic E-state index is 9.45. The molecule has 1 amide bonds. The first-order chi connectivity index (χ1) is 2.81. The van der Waals surface area contributed by atoms with E-state index in [1.807, 2.05) is 5.18 Å². The Morgan fingerprint density at radius 2 is 2.33 bits per heavy atom. The van der Waals surface area contributed by atoms with Crippen LogP contribution in [0.5, 0.6) is 0 Å². The second-order valence-electron chi connectivity index (χ2n) is 0.643. The molecule has 34 valence electrons. The van der Waals surface area contributed by atoms with Gasteiger partial charge in [-0.1, -0.05) is 0 Å². The van der Waals surface area contributed by atoms with Crippen LogP contribution in [0.15, 0.2) is 5.18 Å². The number of hydrogen-bond acceptors (Lipinski definition) is 3. The van der Waals surface area contributed by atoms with E-state index in [4.69, 9.17) is 10.0 Å². The summed E-state index contributed by atoms with van der Waals surface area (Å²) in [6.07, 6.45) is 0. The average molecular weight is 89.0 g/mol. The molecule has 0 heterocycles. The molecule has 6 heavy (non-hydrogen) atoms. The van der Waals surface area contributed by atoms with Gasteiger partial charge in [-0.3, -0.25) is 4.79 Å². The van der Waals surface area contributed by atoms with Gasteiger partial charge in [0, 0.05) is 5.18 Å². The van der Waals surface area contributed by atoms with Crippen molar-refractivity contribution in [3.05, 3.63) is 4.91 Å². The van der Waals surface area contributed by atoms with Crippen molar-refractivity contribution in [3.63, 3.8) is 0 Å². The van der Waals surface area contributed by atoms with Crippen molar-refractivity contribution >= 4 is 5.91 Å². The zero-order valence-electron chi connectivity index (χ0n) is 2.92. The zero-order chi connectivity index (χ0) is 4.99. The van der Waals surface area contributed by atoms with Crippen LogP contribution in [-0.2, 0) is 4.79 Å². The fraction of sp³-hybridized carbons (Fsp3) is 0.500. The van der Waals surface area contributed by atoms with E-state index in [1.54, 1.807) is 0 Å². The van der Waals surface area contributed by atoms with Crippen LogP contribution in [-0.4, -0.2) is 17.6 Å². The number of aliphatic hydroxyl groups excluding tert-OH is 1. The van der Waals surface area contributed by atoms with E-state index in [-0.39, 0.29) is 0 Å². The fourth-order valence-corrected chi connectivity index (χ4v) is 0.0289. The standard InChI is InChI=1S/C2H3NO3/c4-1-2(5)3-6/h4H,1H2. The third kappa shape index (κ3) is 1.54. The lowest BCUT2D eigenvalue weighted by atomic mass is 10.7.